The molecule has 3 atom stereocenters. The van der Waals surface area contributed by atoms with Crippen LogP contribution in [0.25, 0.3) is 0 Å². The summed E-state index contributed by atoms with van der Waals surface area (Å²) in [5.41, 5.74) is 0. The summed E-state index contributed by atoms with van der Waals surface area (Å²) >= 11 is 0. The molecule has 0 aromatic rings. The van der Waals surface area contributed by atoms with Gasteiger partial charge in [0.1, 0.15) is 12.7 Å². The van der Waals surface area contributed by atoms with Gasteiger partial charge in [0.25, 0.3) is 0 Å². The van der Waals surface area contributed by atoms with E-state index in [-0.39, 0.29) is 25.9 Å². The molecule has 0 radical (unpaired) electrons. The molecule has 0 heterocycles. The molecule has 0 rings (SSSR count). The average Bonchev–Trinajstić information content (AvgIpc) is 3.35. The number of aliphatic hydroxyl groups is 1. The second-order valence-corrected chi connectivity index (χ2v) is 19.4. The Balaban J connectivity index is 4.79. The van der Waals surface area contributed by atoms with Gasteiger partial charge in [0.15, 0.2) is 6.10 Å². The van der Waals surface area contributed by atoms with Gasteiger partial charge >= 0.3 is 25.7 Å². The van der Waals surface area contributed by atoms with Crippen molar-refractivity contribution in [3.63, 3.8) is 0 Å². The van der Waals surface area contributed by atoms with Crippen LogP contribution in [-0.4, -0.2) is 66.5 Å². The van der Waals surface area contributed by atoms with Crippen molar-refractivity contribution in [2.24, 2.45) is 0 Å². The molecule has 0 amide bonds. The lowest BCUT2D eigenvalue weighted by Crippen LogP contribution is -2.30. The molecule has 0 aliphatic heterocycles. The van der Waals surface area contributed by atoms with E-state index in [2.05, 4.69) is 93.7 Å². The lowest BCUT2D eigenvalue weighted by atomic mass is 10.0. The second kappa shape index (κ2) is 52.0. The molecular weight excluding hydrogens is 904 g/mol. The van der Waals surface area contributed by atoms with E-state index in [9.17, 15) is 28.9 Å². The van der Waals surface area contributed by atoms with Crippen LogP contribution in [0.5, 0.6) is 0 Å². The molecule has 0 aliphatic carbocycles. The molecule has 0 saturated heterocycles. The first kappa shape index (κ1) is 66.7. The summed E-state index contributed by atoms with van der Waals surface area (Å²) < 4.78 is 39.3. The standard InChI is InChI=1S/C58H99O11P/c1-4-7-10-13-16-19-22-25-26-27-28-31-32-35-38-41-44-47-56(60)65-51-55(69-58(62)49-46-43-40-37-34-30-24-21-18-15-12-9-6-3)53-67-70(63,64)66-52-54(50-59)68-57(61)48-45-42-39-36-33-29-23-20-17-14-11-8-5-2/h8-9,11-12,17-18,20-21,29-30,33-34,40,43,54-55,59H,4-7,10,13-16,19,22-28,31-32,35-39,41-42,44-53H2,1-3H3,(H,63,64)/b11-8-,12-9-,20-17-,21-18-,33-29-,34-30-,43-40-. The average molecular weight is 1000 g/mol. The Kier molecular flexibility index (Phi) is 49.5. The summed E-state index contributed by atoms with van der Waals surface area (Å²) in [5.74, 6) is -1.59. The fraction of sp³-hybridized carbons (Fsp3) is 0.707. The van der Waals surface area contributed by atoms with Gasteiger partial charge in [-0.05, 0) is 77.0 Å². The number of hydrogen-bond acceptors (Lipinski definition) is 10. The number of rotatable bonds is 50. The van der Waals surface area contributed by atoms with E-state index in [1.165, 1.54) is 83.5 Å². The third-order valence-corrected chi connectivity index (χ3v) is 12.3. The van der Waals surface area contributed by atoms with Crippen molar-refractivity contribution in [2.45, 2.75) is 238 Å². The molecular formula is C58H99O11P. The van der Waals surface area contributed by atoms with E-state index >= 15 is 0 Å². The maximum absolute atomic E-state index is 12.9. The molecule has 2 N–H and O–H groups in total. The van der Waals surface area contributed by atoms with Crippen LogP contribution < -0.4 is 0 Å². The number of aliphatic hydroxyl groups excluding tert-OH is 1. The quantitative estimate of drug-likeness (QED) is 0.0197. The summed E-state index contributed by atoms with van der Waals surface area (Å²) in [7, 11) is -4.77. The Labute approximate surface area is 426 Å². The number of carbonyl (C=O) groups excluding carboxylic acids is 3. The molecule has 0 fully saturated rings. The van der Waals surface area contributed by atoms with Crippen molar-refractivity contribution in [2.75, 3.05) is 26.4 Å². The number of esters is 3. The van der Waals surface area contributed by atoms with Crippen LogP contribution >= 0.6 is 7.82 Å². The predicted molar refractivity (Wildman–Crippen MR) is 288 cm³/mol. The lowest BCUT2D eigenvalue weighted by Gasteiger charge is -2.21. The molecule has 70 heavy (non-hydrogen) atoms. The van der Waals surface area contributed by atoms with Gasteiger partial charge in [0.05, 0.1) is 19.8 Å². The minimum absolute atomic E-state index is 0.0429. The second-order valence-electron chi connectivity index (χ2n) is 18.0. The largest absolute Gasteiger partial charge is 0.472 e. The van der Waals surface area contributed by atoms with Gasteiger partial charge in [-0.1, -0.05) is 215 Å². The number of carbonyl (C=O) groups is 3. The van der Waals surface area contributed by atoms with E-state index in [0.717, 1.165) is 83.5 Å². The Morgan fingerprint density at radius 3 is 1.23 bits per heavy atom. The molecule has 0 aliphatic rings. The molecule has 402 valence electrons. The van der Waals surface area contributed by atoms with Crippen LogP contribution in [0.1, 0.15) is 226 Å². The van der Waals surface area contributed by atoms with Gasteiger partial charge in [0, 0.05) is 19.3 Å². The number of phosphoric acid groups is 1. The van der Waals surface area contributed by atoms with E-state index in [1.54, 1.807) is 0 Å². The topological polar surface area (TPSA) is 155 Å². The summed E-state index contributed by atoms with van der Waals surface area (Å²) in [6, 6.07) is 0. The van der Waals surface area contributed by atoms with Crippen LogP contribution in [0.15, 0.2) is 85.1 Å². The minimum atomic E-state index is -4.77. The van der Waals surface area contributed by atoms with Crippen LogP contribution in [0.3, 0.4) is 0 Å². The number of allylic oxidation sites excluding steroid dienone is 14. The van der Waals surface area contributed by atoms with Gasteiger partial charge in [-0.2, -0.15) is 0 Å². The van der Waals surface area contributed by atoms with Crippen LogP contribution in [-0.2, 0) is 42.2 Å². The molecule has 3 unspecified atom stereocenters. The maximum atomic E-state index is 12.9. The number of unbranched alkanes of at least 4 members (excludes halogenated alkanes) is 19. The highest BCUT2D eigenvalue weighted by Crippen LogP contribution is 2.43. The Morgan fingerprint density at radius 2 is 0.771 bits per heavy atom. The first-order chi connectivity index (χ1) is 34.2. The van der Waals surface area contributed by atoms with Crippen LogP contribution in [0.4, 0.5) is 0 Å². The van der Waals surface area contributed by atoms with Gasteiger partial charge in [-0.25, -0.2) is 4.57 Å². The highest BCUT2D eigenvalue weighted by Gasteiger charge is 2.28. The van der Waals surface area contributed by atoms with Crippen molar-refractivity contribution in [3.8, 4) is 0 Å². The number of phosphoric ester groups is 1. The summed E-state index contributed by atoms with van der Waals surface area (Å²) in [5, 5.41) is 9.78. The van der Waals surface area contributed by atoms with Crippen molar-refractivity contribution in [1.82, 2.24) is 0 Å². The van der Waals surface area contributed by atoms with Gasteiger partial charge in [0.2, 0.25) is 0 Å². The van der Waals surface area contributed by atoms with Gasteiger partial charge in [-0.15, -0.1) is 0 Å². The number of ether oxygens (including phenoxy) is 3. The van der Waals surface area contributed by atoms with Crippen molar-refractivity contribution in [3.05, 3.63) is 85.1 Å². The monoisotopic (exact) mass is 1000 g/mol. The zero-order chi connectivity index (χ0) is 51.3. The minimum Gasteiger partial charge on any atom is -0.462 e. The third kappa shape index (κ3) is 49.6. The summed E-state index contributed by atoms with van der Waals surface area (Å²) in [6.07, 6.45) is 58.6. The molecule has 0 aromatic carbocycles. The molecule has 0 spiro atoms. The smallest absolute Gasteiger partial charge is 0.462 e. The SMILES string of the molecule is CC/C=C\C/C=C\C/C=C\C/C=C\CCC(=O)OC(COC(=O)CCCCCCCCCCCCCCCCCCC)COP(=O)(O)OCC(CO)OC(=O)CCCCC/C=C\C/C=C\C/C=C\CC. The first-order valence-corrected chi connectivity index (χ1v) is 29.0. The molecule has 11 nitrogen and oxygen atoms in total. The third-order valence-electron chi connectivity index (χ3n) is 11.3. The van der Waals surface area contributed by atoms with Gasteiger partial charge < -0.3 is 24.2 Å². The summed E-state index contributed by atoms with van der Waals surface area (Å²) in [4.78, 5) is 48.4. The lowest BCUT2D eigenvalue weighted by molar-refractivity contribution is -0.161. The highest BCUT2D eigenvalue weighted by atomic mass is 31.2. The predicted octanol–water partition coefficient (Wildman–Crippen LogP) is 15.9. The fourth-order valence-electron chi connectivity index (χ4n) is 7.21. The van der Waals surface area contributed by atoms with E-state index in [4.69, 9.17) is 23.3 Å². The summed E-state index contributed by atoms with van der Waals surface area (Å²) in [6.45, 7) is 4.30. The Hall–Kier alpha value is -3.34. The maximum Gasteiger partial charge on any atom is 0.472 e. The van der Waals surface area contributed by atoms with Gasteiger partial charge in [-0.3, -0.25) is 23.4 Å². The molecule has 0 saturated carbocycles. The van der Waals surface area contributed by atoms with Crippen molar-refractivity contribution < 1.29 is 52.2 Å². The van der Waals surface area contributed by atoms with E-state index in [1.807, 2.05) is 12.2 Å². The molecule has 0 bridgehead atoms. The number of hydrogen-bond donors (Lipinski definition) is 2. The highest BCUT2D eigenvalue weighted by molar-refractivity contribution is 7.47. The van der Waals surface area contributed by atoms with E-state index < -0.39 is 57.8 Å². The molecule has 12 heteroatoms. The Morgan fingerprint density at radius 1 is 0.414 bits per heavy atom. The first-order valence-electron chi connectivity index (χ1n) is 27.5. The molecule has 0 aromatic heterocycles. The van der Waals surface area contributed by atoms with Crippen LogP contribution in [0.2, 0.25) is 0 Å². The Bertz CT molecular complexity index is 1500. The normalized spacial score (nSPS) is 14.1. The van der Waals surface area contributed by atoms with Crippen molar-refractivity contribution >= 4 is 25.7 Å². The van der Waals surface area contributed by atoms with E-state index in [0.29, 0.717) is 19.3 Å². The van der Waals surface area contributed by atoms with Crippen molar-refractivity contribution in [1.29, 1.82) is 0 Å². The van der Waals surface area contributed by atoms with Crippen LogP contribution in [0, 0.1) is 0 Å². The zero-order valence-corrected chi connectivity index (χ0v) is 45.1. The zero-order valence-electron chi connectivity index (χ0n) is 44.2. The fourth-order valence-corrected chi connectivity index (χ4v) is 7.99.